The number of nitrogens with zero attached hydrogens (tertiary/aromatic N) is 2. The minimum atomic E-state index is -5.35. The minimum absolute atomic E-state index is 0.00860. The highest BCUT2D eigenvalue weighted by Gasteiger charge is 2.57. The summed E-state index contributed by atoms with van der Waals surface area (Å²) in [4.78, 5) is 34.0. The van der Waals surface area contributed by atoms with Crippen LogP contribution in [0.3, 0.4) is 0 Å². The largest absolute Gasteiger partial charge is 0.490 e. The summed E-state index contributed by atoms with van der Waals surface area (Å²) in [6.07, 6.45) is -3.53. The molecule has 6 rings (SSSR count). The summed E-state index contributed by atoms with van der Waals surface area (Å²) >= 11 is 1.33. The van der Waals surface area contributed by atoms with Gasteiger partial charge in [0, 0.05) is 27.6 Å². The number of thiazole rings is 1. The molecule has 0 spiro atoms. The third-order valence-corrected chi connectivity index (χ3v) is 8.49. The number of halogens is 4. The zero-order valence-electron chi connectivity index (χ0n) is 23.7. The monoisotopic (exact) mass is 642 g/mol. The molecule has 1 fully saturated rings. The van der Waals surface area contributed by atoms with Crippen LogP contribution < -0.4 is 20.5 Å². The molecule has 234 valence electrons. The maximum absolute atomic E-state index is 14.7. The van der Waals surface area contributed by atoms with Gasteiger partial charge in [0.25, 0.3) is 5.91 Å². The summed E-state index contributed by atoms with van der Waals surface area (Å²) in [7, 11) is 0. The lowest BCUT2D eigenvalue weighted by Crippen LogP contribution is -2.51. The molecule has 0 saturated heterocycles. The van der Waals surface area contributed by atoms with Crippen LogP contribution in [0.25, 0.3) is 22.5 Å². The van der Waals surface area contributed by atoms with E-state index >= 15 is 0 Å². The van der Waals surface area contributed by atoms with E-state index in [9.17, 15) is 32.3 Å². The average molecular weight is 643 g/mol. The molecule has 3 heterocycles. The Morgan fingerprint density at radius 3 is 2.53 bits per heavy atom. The molecule has 0 unspecified atom stereocenters. The highest BCUT2D eigenvalue weighted by molar-refractivity contribution is 7.07. The van der Waals surface area contributed by atoms with Gasteiger partial charge >= 0.3 is 6.18 Å². The van der Waals surface area contributed by atoms with Crippen molar-refractivity contribution in [3.8, 4) is 34.0 Å². The Balaban J connectivity index is 1.37. The number of fused-ring (bicyclic) bond motifs is 1. The van der Waals surface area contributed by atoms with Crippen molar-refractivity contribution in [3.05, 3.63) is 82.1 Å². The molecule has 0 radical (unpaired) electrons. The number of benzene rings is 2. The van der Waals surface area contributed by atoms with E-state index in [2.05, 4.69) is 15.3 Å². The first kappa shape index (κ1) is 30.5. The van der Waals surface area contributed by atoms with Gasteiger partial charge in [-0.05, 0) is 68.3 Å². The molecule has 2 aromatic carbocycles. The van der Waals surface area contributed by atoms with E-state index in [4.69, 9.17) is 15.2 Å². The van der Waals surface area contributed by atoms with Crippen molar-refractivity contribution < 1.29 is 41.7 Å². The van der Waals surface area contributed by atoms with Gasteiger partial charge in [-0.1, -0.05) is 0 Å². The molecule has 2 aliphatic rings. The van der Waals surface area contributed by atoms with Crippen molar-refractivity contribution in [1.29, 1.82) is 0 Å². The summed E-state index contributed by atoms with van der Waals surface area (Å²) in [6, 6.07) is 10.0. The first-order chi connectivity index (χ1) is 21.3. The fourth-order valence-corrected chi connectivity index (χ4v) is 5.49. The van der Waals surface area contributed by atoms with Crippen molar-refractivity contribution in [2.75, 3.05) is 13.2 Å². The number of nitrogens with one attached hydrogen (secondary N) is 1. The van der Waals surface area contributed by atoms with Crippen LogP contribution >= 0.6 is 11.3 Å². The fourth-order valence-electron chi connectivity index (χ4n) is 4.93. The number of aromatic nitrogens is 2. The van der Waals surface area contributed by atoms with Crippen LogP contribution in [0.2, 0.25) is 0 Å². The number of primary amides is 1. The first-order valence-corrected chi connectivity index (χ1v) is 14.8. The van der Waals surface area contributed by atoms with Gasteiger partial charge in [0.1, 0.15) is 35.0 Å². The van der Waals surface area contributed by atoms with Crippen molar-refractivity contribution in [2.45, 2.75) is 43.1 Å². The number of pyridine rings is 1. The van der Waals surface area contributed by atoms with Crippen LogP contribution in [-0.4, -0.2) is 52.3 Å². The van der Waals surface area contributed by atoms with Gasteiger partial charge in [-0.15, -0.1) is 11.3 Å². The molecule has 1 saturated carbocycles. The van der Waals surface area contributed by atoms with Crippen LogP contribution in [0.15, 0.2) is 59.4 Å². The van der Waals surface area contributed by atoms with E-state index in [-0.39, 0.29) is 40.8 Å². The second-order valence-electron chi connectivity index (χ2n) is 11.2. The Labute approximate surface area is 258 Å². The molecule has 1 aliphatic heterocycles. The third kappa shape index (κ3) is 5.59. The molecule has 2 atom stereocenters. The number of amides is 2. The number of aliphatic hydroxyl groups is 1. The summed E-state index contributed by atoms with van der Waals surface area (Å²) in [5, 5.41) is 15.2. The number of hydrogen-bond donors (Lipinski definition) is 3. The third-order valence-electron chi connectivity index (χ3n) is 7.90. The molecule has 9 nitrogen and oxygen atoms in total. The number of carbonyl (C=O) groups excluding carboxylic acids is 2. The second kappa shape index (κ2) is 11.1. The summed E-state index contributed by atoms with van der Waals surface area (Å²) < 4.78 is 69.5. The van der Waals surface area contributed by atoms with Crippen LogP contribution in [0.4, 0.5) is 17.6 Å². The lowest BCUT2D eigenvalue weighted by Gasteiger charge is -2.31. The minimum Gasteiger partial charge on any atom is -0.490 e. The predicted octanol–water partition coefficient (Wildman–Crippen LogP) is 4.87. The molecule has 4 N–H and O–H groups in total. The van der Waals surface area contributed by atoms with E-state index in [1.165, 1.54) is 42.5 Å². The molecule has 45 heavy (non-hydrogen) atoms. The Hall–Kier alpha value is -4.56. The number of hydrogen-bond acceptors (Lipinski definition) is 8. The van der Waals surface area contributed by atoms with Crippen LogP contribution in [0.5, 0.6) is 11.5 Å². The number of rotatable bonds is 9. The molecule has 2 aromatic heterocycles. The van der Waals surface area contributed by atoms with E-state index in [0.717, 1.165) is 31.0 Å². The van der Waals surface area contributed by atoms with Gasteiger partial charge in [0.2, 0.25) is 11.5 Å². The van der Waals surface area contributed by atoms with Crippen molar-refractivity contribution in [3.63, 3.8) is 0 Å². The van der Waals surface area contributed by atoms with E-state index in [1.807, 2.05) is 0 Å². The summed E-state index contributed by atoms with van der Waals surface area (Å²) in [5.41, 5.74) is 2.02. The van der Waals surface area contributed by atoms with Crippen LogP contribution in [0, 0.1) is 5.82 Å². The molecular formula is C31H26F4N4O5S. The fraction of sp³-hybridized carbons (Fsp3) is 0.290. The zero-order chi connectivity index (χ0) is 32.1. The molecule has 2 amide bonds. The Morgan fingerprint density at radius 1 is 1.18 bits per heavy atom. The first-order valence-electron chi connectivity index (χ1n) is 13.8. The van der Waals surface area contributed by atoms with Gasteiger partial charge in [0.15, 0.2) is 0 Å². The number of carbonyl (C=O) groups is 2. The van der Waals surface area contributed by atoms with Crippen LogP contribution in [0.1, 0.15) is 41.4 Å². The zero-order valence-corrected chi connectivity index (χ0v) is 24.5. The highest BCUT2D eigenvalue weighted by atomic mass is 32.1. The summed E-state index contributed by atoms with van der Waals surface area (Å²) in [6.45, 7) is -0.227. The highest BCUT2D eigenvalue weighted by Crippen LogP contribution is 2.47. The molecule has 4 aromatic rings. The number of nitrogens with two attached hydrogens (primary N) is 1. The maximum Gasteiger partial charge on any atom is 0.424 e. The second-order valence-corrected chi connectivity index (χ2v) is 11.9. The van der Waals surface area contributed by atoms with Crippen molar-refractivity contribution >= 4 is 23.2 Å². The SMILES string of the molecule is C[C@]1(C(N)=O)COc2c1cc([C@@](O)(CNC(=O)c1ccc(OC3CC3)c(-c3cscn3)c1)C(F)(F)F)nc2-c1ccc(F)cc1. The Kier molecular flexibility index (Phi) is 7.52. The Bertz CT molecular complexity index is 1780. The van der Waals surface area contributed by atoms with Gasteiger partial charge in [-0.3, -0.25) is 9.59 Å². The van der Waals surface area contributed by atoms with Crippen LogP contribution in [-0.2, 0) is 15.8 Å². The number of alkyl halides is 3. The van der Waals surface area contributed by atoms with E-state index in [1.54, 1.807) is 17.0 Å². The molecule has 1 aliphatic carbocycles. The predicted molar refractivity (Wildman–Crippen MR) is 155 cm³/mol. The maximum atomic E-state index is 14.7. The lowest BCUT2D eigenvalue weighted by atomic mass is 9.81. The molecule has 0 bridgehead atoms. The van der Waals surface area contributed by atoms with E-state index < -0.39 is 47.1 Å². The van der Waals surface area contributed by atoms with Crippen molar-refractivity contribution in [1.82, 2.24) is 15.3 Å². The van der Waals surface area contributed by atoms with Gasteiger partial charge in [0.05, 0.1) is 29.5 Å². The quantitative estimate of drug-likeness (QED) is 0.222. The van der Waals surface area contributed by atoms with E-state index in [0.29, 0.717) is 17.0 Å². The Morgan fingerprint density at radius 2 is 1.91 bits per heavy atom. The molecular weight excluding hydrogens is 616 g/mol. The van der Waals surface area contributed by atoms with Crippen molar-refractivity contribution in [2.24, 2.45) is 5.73 Å². The smallest absolute Gasteiger partial charge is 0.424 e. The van der Waals surface area contributed by atoms with Gasteiger partial charge < -0.3 is 25.6 Å². The lowest BCUT2D eigenvalue weighted by molar-refractivity contribution is -0.265. The topological polar surface area (TPSA) is 137 Å². The standard InChI is InChI=1S/C31H26F4N4O5S/c1-29(28(36)41)14-43-26-21(29)11-24(39-25(26)16-2-5-18(32)6-3-16)30(42,31(33,34)35)13-37-27(40)17-4-9-23(44-19-7-8-19)20(10-17)22-12-45-15-38-22/h2-6,9-12,15,19,42H,7-8,13-14H2,1H3,(H2,36,41)(H,37,40)/t29-,30-/m0/s1. The normalized spacial score (nSPS) is 18.9. The van der Waals surface area contributed by atoms with Gasteiger partial charge in [-0.2, -0.15) is 13.2 Å². The summed E-state index contributed by atoms with van der Waals surface area (Å²) in [5.74, 6) is -1.92. The average Bonchev–Trinajstić information content (AvgIpc) is 3.51. The van der Waals surface area contributed by atoms with Gasteiger partial charge in [-0.25, -0.2) is 14.4 Å². The molecule has 14 heteroatoms. The number of ether oxygens (including phenoxy) is 2.